The third-order valence-electron chi connectivity index (χ3n) is 4.05. The largest absolute Gasteiger partial charge is 0.350 e. The third kappa shape index (κ3) is 5.61. The number of nitrogens with one attached hydrogen (secondary N) is 1. The van der Waals surface area contributed by atoms with Gasteiger partial charge < -0.3 is 10.2 Å². The van der Waals surface area contributed by atoms with Crippen molar-refractivity contribution in [2.45, 2.75) is 39.4 Å². The highest BCUT2D eigenvalue weighted by Gasteiger charge is 2.24. The molecule has 0 spiro atoms. The van der Waals surface area contributed by atoms with E-state index in [-0.39, 0.29) is 11.8 Å². The molecule has 2 amide bonds. The van der Waals surface area contributed by atoms with E-state index in [2.05, 4.69) is 5.32 Å². The molecule has 0 unspecified atom stereocenters. The maximum Gasteiger partial charge on any atom is 0.242 e. The van der Waals surface area contributed by atoms with Gasteiger partial charge in [0.25, 0.3) is 0 Å². The van der Waals surface area contributed by atoms with Crippen molar-refractivity contribution < 1.29 is 9.59 Å². The molecule has 0 aliphatic carbocycles. The van der Waals surface area contributed by atoms with Crippen molar-refractivity contribution in [2.75, 3.05) is 0 Å². The lowest BCUT2D eigenvalue weighted by molar-refractivity contribution is -0.140. The Morgan fingerprint density at radius 2 is 1.68 bits per heavy atom. The van der Waals surface area contributed by atoms with Crippen molar-refractivity contribution in [3.05, 3.63) is 70.7 Å². The molecule has 0 aliphatic rings. The summed E-state index contributed by atoms with van der Waals surface area (Å²) in [5, 5.41) is 3.54. The van der Waals surface area contributed by atoms with E-state index >= 15 is 0 Å². The molecule has 1 N–H and O–H groups in total. The van der Waals surface area contributed by atoms with Crippen molar-refractivity contribution >= 4 is 23.4 Å². The van der Waals surface area contributed by atoms with Crippen molar-refractivity contribution in [1.82, 2.24) is 10.2 Å². The van der Waals surface area contributed by atoms with Crippen molar-refractivity contribution in [1.29, 1.82) is 0 Å². The van der Waals surface area contributed by atoms with Crippen LogP contribution in [0.2, 0.25) is 5.02 Å². The second kappa shape index (κ2) is 9.23. The Bertz CT molecular complexity index is 701. The van der Waals surface area contributed by atoms with Crippen LogP contribution >= 0.6 is 11.6 Å². The van der Waals surface area contributed by atoms with Crippen LogP contribution in [-0.2, 0) is 22.7 Å². The number of hydrogen-bond donors (Lipinski definition) is 1. The molecular formula is C20H23ClN2O2. The molecule has 132 valence electrons. The Morgan fingerprint density at radius 3 is 2.28 bits per heavy atom. The monoisotopic (exact) mass is 358 g/mol. The zero-order valence-corrected chi connectivity index (χ0v) is 15.3. The summed E-state index contributed by atoms with van der Waals surface area (Å²) in [5.74, 6) is -0.225. The van der Waals surface area contributed by atoms with Crippen molar-refractivity contribution in [3.63, 3.8) is 0 Å². The topological polar surface area (TPSA) is 49.4 Å². The molecular weight excluding hydrogens is 336 g/mol. The molecule has 0 fully saturated rings. The minimum absolute atomic E-state index is 0.0580. The molecule has 2 aromatic carbocycles. The Kier molecular flexibility index (Phi) is 7.02. The predicted octanol–water partition coefficient (Wildman–Crippen LogP) is 3.78. The molecule has 0 radical (unpaired) electrons. The third-order valence-corrected chi connectivity index (χ3v) is 4.30. The molecule has 2 rings (SSSR count). The van der Waals surface area contributed by atoms with E-state index in [1.54, 1.807) is 30.9 Å². The number of amides is 2. The number of halogens is 1. The van der Waals surface area contributed by atoms with Gasteiger partial charge >= 0.3 is 0 Å². The fraction of sp³-hybridized carbons (Fsp3) is 0.300. The van der Waals surface area contributed by atoms with Gasteiger partial charge in [0, 0.05) is 24.5 Å². The first-order chi connectivity index (χ1) is 12.0. The molecule has 0 saturated heterocycles. The lowest BCUT2D eigenvalue weighted by atomic mass is 10.1. The Labute approximate surface area is 153 Å². The summed E-state index contributed by atoms with van der Waals surface area (Å²) in [4.78, 5) is 26.4. The highest BCUT2D eigenvalue weighted by Crippen LogP contribution is 2.14. The smallest absolute Gasteiger partial charge is 0.242 e. The van der Waals surface area contributed by atoms with Gasteiger partial charge in [-0.25, -0.2) is 0 Å². The van der Waals surface area contributed by atoms with E-state index in [4.69, 9.17) is 11.6 Å². The zero-order chi connectivity index (χ0) is 18.2. The quantitative estimate of drug-likeness (QED) is 0.818. The van der Waals surface area contributed by atoms with Gasteiger partial charge in [-0.3, -0.25) is 9.59 Å². The van der Waals surface area contributed by atoms with Crippen LogP contribution in [0.3, 0.4) is 0 Å². The lowest BCUT2D eigenvalue weighted by Gasteiger charge is -2.28. The molecule has 0 bridgehead atoms. The van der Waals surface area contributed by atoms with E-state index in [9.17, 15) is 9.59 Å². The molecule has 1 atom stereocenters. The Balaban J connectivity index is 2.03. The van der Waals surface area contributed by atoms with Crippen molar-refractivity contribution in [2.24, 2.45) is 0 Å². The van der Waals surface area contributed by atoms with Gasteiger partial charge in [0.2, 0.25) is 11.8 Å². The predicted molar refractivity (Wildman–Crippen MR) is 100 cm³/mol. The van der Waals surface area contributed by atoms with Crippen LogP contribution in [0.4, 0.5) is 0 Å². The summed E-state index contributed by atoms with van der Waals surface area (Å²) in [6, 6.07) is 16.4. The minimum atomic E-state index is -0.549. The molecule has 0 heterocycles. The van der Waals surface area contributed by atoms with Crippen LogP contribution in [0.1, 0.15) is 31.4 Å². The first-order valence-corrected chi connectivity index (χ1v) is 8.74. The summed E-state index contributed by atoms with van der Waals surface area (Å²) in [6.45, 7) is 4.37. The zero-order valence-electron chi connectivity index (χ0n) is 14.5. The van der Waals surface area contributed by atoms with E-state index in [1.807, 2.05) is 42.5 Å². The SMILES string of the molecule is CCC(=O)N(Cc1ccc(Cl)cc1)[C@@H](C)C(=O)NCc1ccccc1. The fourth-order valence-corrected chi connectivity index (χ4v) is 2.63. The van der Waals surface area contributed by atoms with Gasteiger partial charge in [-0.2, -0.15) is 0 Å². The van der Waals surface area contributed by atoms with E-state index in [1.165, 1.54) is 0 Å². The number of hydrogen-bond acceptors (Lipinski definition) is 2. The summed E-state index contributed by atoms with van der Waals surface area (Å²) < 4.78 is 0. The highest BCUT2D eigenvalue weighted by molar-refractivity contribution is 6.30. The molecule has 5 heteroatoms. The minimum Gasteiger partial charge on any atom is -0.350 e. The van der Waals surface area contributed by atoms with Gasteiger partial charge in [-0.1, -0.05) is 61.0 Å². The number of carbonyl (C=O) groups is 2. The van der Waals surface area contributed by atoms with E-state index in [0.717, 1.165) is 11.1 Å². The van der Waals surface area contributed by atoms with Gasteiger partial charge in [-0.05, 0) is 30.2 Å². The molecule has 2 aromatic rings. The summed E-state index contributed by atoms with van der Waals surface area (Å²) >= 11 is 5.91. The van der Waals surface area contributed by atoms with Gasteiger partial charge in [0.15, 0.2) is 0 Å². The second-order valence-corrected chi connectivity index (χ2v) is 6.32. The van der Waals surface area contributed by atoms with Crippen LogP contribution in [-0.4, -0.2) is 22.8 Å². The standard InChI is InChI=1S/C20H23ClN2O2/c1-3-19(24)23(14-17-9-11-18(21)12-10-17)15(2)20(25)22-13-16-7-5-4-6-8-16/h4-12,15H,3,13-14H2,1-2H3,(H,22,25)/t15-/m0/s1. The van der Waals surface area contributed by atoms with Gasteiger partial charge in [0.05, 0.1) is 0 Å². The van der Waals surface area contributed by atoms with Crippen LogP contribution < -0.4 is 5.32 Å². The van der Waals surface area contributed by atoms with Crippen LogP contribution in [0.5, 0.6) is 0 Å². The molecule has 0 aromatic heterocycles. The number of benzene rings is 2. The fourth-order valence-electron chi connectivity index (χ4n) is 2.50. The number of rotatable bonds is 7. The van der Waals surface area contributed by atoms with Gasteiger partial charge in [-0.15, -0.1) is 0 Å². The second-order valence-electron chi connectivity index (χ2n) is 5.88. The Hall–Kier alpha value is -2.33. The first-order valence-electron chi connectivity index (χ1n) is 8.36. The molecule has 25 heavy (non-hydrogen) atoms. The summed E-state index contributed by atoms with van der Waals surface area (Å²) in [6.07, 6.45) is 0.351. The van der Waals surface area contributed by atoms with E-state index < -0.39 is 6.04 Å². The van der Waals surface area contributed by atoms with E-state index in [0.29, 0.717) is 24.5 Å². The summed E-state index contributed by atoms with van der Waals surface area (Å²) in [5.41, 5.74) is 1.96. The Morgan fingerprint density at radius 1 is 1.04 bits per heavy atom. The molecule has 0 aliphatic heterocycles. The summed E-state index contributed by atoms with van der Waals surface area (Å²) in [7, 11) is 0. The molecule has 4 nitrogen and oxygen atoms in total. The average molecular weight is 359 g/mol. The average Bonchev–Trinajstić information content (AvgIpc) is 2.65. The maximum atomic E-state index is 12.5. The van der Waals surface area contributed by atoms with Crippen LogP contribution in [0.25, 0.3) is 0 Å². The maximum absolute atomic E-state index is 12.5. The normalized spacial score (nSPS) is 11.6. The highest BCUT2D eigenvalue weighted by atomic mass is 35.5. The number of carbonyl (C=O) groups excluding carboxylic acids is 2. The molecule has 0 saturated carbocycles. The van der Waals surface area contributed by atoms with Crippen LogP contribution in [0, 0.1) is 0 Å². The van der Waals surface area contributed by atoms with Crippen LogP contribution in [0.15, 0.2) is 54.6 Å². The van der Waals surface area contributed by atoms with Gasteiger partial charge in [0.1, 0.15) is 6.04 Å². The van der Waals surface area contributed by atoms with Crippen molar-refractivity contribution in [3.8, 4) is 0 Å². The first kappa shape index (κ1) is 19.0. The lowest BCUT2D eigenvalue weighted by Crippen LogP contribution is -2.47. The number of nitrogens with zero attached hydrogens (tertiary/aromatic N) is 1.